The van der Waals surface area contributed by atoms with Crippen LogP contribution in [0.3, 0.4) is 0 Å². The Kier molecular flexibility index (Phi) is 3.29. The van der Waals surface area contributed by atoms with Crippen LogP contribution in [0.2, 0.25) is 0 Å². The lowest BCUT2D eigenvalue weighted by molar-refractivity contribution is -0.0688. The van der Waals surface area contributed by atoms with Gasteiger partial charge in [0.05, 0.1) is 5.60 Å². The topological polar surface area (TPSA) is 21.3 Å². The first-order chi connectivity index (χ1) is 5.68. The molecule has 0 spiro atoms. The molecule has 0 bridgehead atoms. The third-order valence-electron chi connectivity index (χ3n) is 2.57. The minimum Gasteiger partial charge on any atom is -0.377 e. The maximum absolute atomic E-state index is 5.46. The maximum atomic E-state index is 5.46. The summed E-state index contributed by atoms with van der Waals surface area (Å²) in [6.45, 7) is 7.75. The smallest absolute Gasteiger partial charge is 0.0802 e. The van der Waals surface area contributed by atoms with Crippen molar-refractivity contribution < 1.29 is 4.74 Å². The van der Waals surface area contributed by atoms with Gasteiger partial charge in [-0.2, -0.15) is 0 Å². The monoisotopic (exact) mass is 169 g/mol. The molecule has 0 unspecified atom stereocenters. The molecule has 1 saturated carbocycles. The van der Waals surface area contributed by atoms with Crippen LogP contribution >= 0.6 is 0 Å². The van der Waals surface area contributed by atoms with E-state index in [1.54, 1.807) is 0 Å². The van der Waals surface area contributed by atoms with Gasteiger partial charge in [-0.3, -0.25) is 0 Å². The van der Waals surface area contributed by atoms with Gasteiger partial charge in [0.15, 0.2) is 0 Å². The number of rotatable bonds is 5. The normalized spacial score (nSPS) is 20.2. The number of nitrogens with one attached hydrogen (secondary N) is 1. The summed E-state index contributed by atoms with van der Waals surface area (Å²) in [7, 11) is 1.81. The van der Waals surface area contributed by atoms with Crippen molar-refractivity contribution in [2.45, 2.75) is 31.8 Å². The van der Waals surface area contributed by atoms with Crippen LogP contribution in [-0.4, -0.2) is 25.8 Å². The molecular weight excluding hydrogens is 150 g/mol. The third kappa shape index (κ3) is 2.32. The van der Waals surface area contributed by atoms with E-state index in [9.17, 15) is 0 Å². The molecule has 1 N–H and O–H groups in total. The van der Waals surface area contributed by atoms with E-state index in [1.165, 1.54) is 24.8 Å². The predicted octanol–water partition coefficient (Wildman–Crippen LogP) is 1.72. The molecule has 2 heteroatoms. The highest BCUT2D eigenvalue weighted by molar-refractivity contribution is 4.95. The molecule has 2 nitrogen and oxygen atoms in total. The fraction of sp³-hybridized carbons (Fsp3) is 0.800. The summed E-state index contributed by atoms with van der Waals surface area (Å²) in [6.07, 6.45) is 3.71. The van der Waals surface area contributed by atoms with Gasteiger partial charge in [-0.15, -0.1) is 0 Å². The lowest BCUT2D eigenvalue weighted by Crippen LogP contribution is -2.48. The second kappa shape index (κ2) is 4.06. The first kappa shape index (κ1) is 9.75. The molecule has 0 atom stereocenters. The Hall–Kier alpha value is -0.340. The Balaban J connectivity index is 2.16. The van der Waals surface area contributed by atoms with Crippen LogP contribution < -0.4 is 5.32 Å². The van der Waals surface area contributed by atoms with Gasteiger partial charge in [-0.05, 0) is 26.2 Å². The Morgan fingerprint density at radius 2 is 2.25 bits per heavy atom. The second-order valence-corrected chi connectivity index (χ2v) is 3.80. The van der Waals surface area contributed by atoms with E-state index in [0.29, 0.717) is 0 Å². The lowest BCUT2D eigenvalue weighted by Gasteiger charge is -2.40. The third-order valence-corrected chi connectivity index (χ3v) is 2.57. The minimum atomic E-state index is 0.148. The Morgan fingerprint density at radius 3 is 2.58 bits per heavy atom. The van der Waals surface area contributed by atoms with Crippen molar-refractivity contribution in [2.24, 2.45) is 0 Å². The summed E-state index contributed by atoms with van der Waals surface area (Å²) in [5.74, 6) is 0. The van der Waals surface area contributed by atoms with Crippen LogP contribution in [0.15, 0.2) is 12.2 Å². The summed E-state index contributed by atoms with van der Waals surface area (Å²) >= 11 is 0. The Labute approximate surface area is 75.0 Å². The van der Waals surface area contributed by atoms with E-state index in [4.69, 9.17) is 4.74 Å². The number of hydrogen-bond donors (Lipinski definition) is 1. The van der Waals surface area contributed by atoms with Crippen molar-refractivity contribution in [1.29, 1.82) is 0 Å². The molecule has 0 heterocycles. The first-order valence-electron chi connectivity index (χ1n) is 4.59. The number of hydrogen-bond acceptors (Lipinski definition) is 2. The summed E-state index contributed by atoms with van der Waals surface area (Å²) in [5.41, 5.74) is 1.33. The fourth-order valence-electron chi connectivity index (χ4n) is 1.53. The zero-order valence-corrected chi connectivity index (χ0v) is 8.15. The fourth-order valence-corrected chi connectivity index (χ4v) is 1.53. The van der Waals surface area contributed by atoms with Crippen molar-refractivity contribution in [3.05, 3.63) is 12.2 Å². The van der Waals surface area contributed by atoms with Crippen LogP contribution in [0, 0.1) is 0 Å². The zero-order chi connectivity index (χ0) is 9.03. The average molecular weight is 169 g/mol. The predicted molar refractivity (Wildman–Crippen MR) is 51.3 cm³/mol. The number of methoxy groups -OCH3 is 1. The van der Waals surface area contributed by atoms with E-state index in [0.717, 1.165) is 13.1 Å². The van der Waals surface area contributed by atoms with E-state index < -0.39 is 0 Å². The van der Waals surface area contributed by atoms with E-state index in [-0.39, 0.29) is 5.60 Å². The van der Waals surface area contributed by atoms with Gasteiger partial charge in [0, 0.05) is 20.2 Å². The average Bonchev–Trinajstić information content (AvgIpc) is 1.94. The van der Waals surface area contributed by atoms with Crippen molar-refractivity contribution >= 4 is 0 Å². The van der Waals surface area contributed by atoms with Gasteiger partial charge >= 0.3 is 0 Å². The molecule has 0 aromatic carbocycles. The van der Waals surface area contributed by atoms with Crippen LogP contribution in [0.1, 0.15) is 26.2 Å². The summed E-state index contributed by atoms with van der Waals surface area (Å²) in [6, 6.07) is 0. The minimum absolute atomic E-state index is 0.148. The SMILES string of the molecule is C=C(C)CNCC1(OC)CCC1. The van der Waals surface area contributed by atoms with Gasteiger partial charge in [0.2, 0.25) is 0 Å². The van der Waals surface area contributed by atoms with Gasteiger partial charge in [0.25, 0.3) is 0 Å². The van der Waals surface area contributed by atoms with Crippen molar-refractivity contribution in [1.82, 2.24) is 5.32 Å². The second-order valence-electron chi connectivity index (χ2n) is 3.80. The van der Waals surface area contributed by atoms with Crippen LogP contribution in [0.25, 0.3) is 0 Å². The molecule has 1 aliphatic rings. The molecule has 0 amide bonds. The zero-order valence-electron chi connectivity index (χ0n) is 8.15. The largest absolute Gasteiger partial charge is 0.377 e. The van der Waals surface area contributed by atoms with Gasteiger partial charge in [0.1, 0.15) is 0 Å². The summed E-state index contributed by atoms with van der Waals surface area (Å²) in [5, 5.41) is 3.35. The highest BCUT2D eigenvalue weighted by atomic mass is 16.5. The Morgan fingerprint density at radius 1 is 1.58 bits per heavy atom. The number of ether oxygens (including phenoxy) is 1. The maximum Gasteiger partial charge on any atom is 0.0802 e. The van der Waals surface area contributed by atoms with Gasteiger partial charge in [-0.1, -0.05) is 12.2 Å². The van der Waals surface area contributed by atoms with Crippen LogP contribution in [0.4, 0.5) is 0 Å². The molecule has 12 heavy (non-hydrogen) atoms. The molecule has 1 fully saturated rings. The van der Waals surface area contributed by atoms with Gasteiger partial charge in [-0.25, -0.2) is 0 Å². The van der Waals surface area contributed by atoms with Crippen molar-refractivity contribution in [3.8, 4) is 0 Å². The van der Waals surface area contributed by atoms with E-state index in [2.05, 4.69) is 11.9 Å². The molecule has 1 rings (SSSR count). The molecule has 70 valence electrons. The quantitative estimate of drug-likeness (QED) is 0.633. The molecular formula is C10H19NO. The molecule has 0 aliphatic heterocycles. The van der Waals surface area contributed by atoms with E-state index in [1.807, 2.05) is 14.0 Å². The van der Waals surface area contributed by atoms with Crippen LogP contribution in [0.5, 0.6) is 0 Å². The highest BCUT2D eigenvalue weighted by Gasteiger charge is 2.36. The molecule has 1 aliphatic carbocycles. The summed E-state index contributed by atoms with van der Waals surface area (Å²) in [4.78, 5) is 0. The molecule has 0 radical (unpaired) electrons. The lowest BCUT2D eigenvalue weighted by atomic mass is 9.80. The molecule has 0 aromatic heterocycles. The standard InChI is InChI=1S/C10H19NO/c1-9(2)7-11-8-10(12-3)5-4-6-10/h11H,1,4-8H2,2-3H3. The van der Waals surface area contributed by atoms with Gasteiger partial charge < -0.3 is 10.1 Å². The molecule has 0 saturated heterocycles. The van der Waals surface area contributed by atoms with Crippen molar-refractivity contribution in [3.63, 3.8) is 0 Å². The first-order valence-corrected chi connectivity index (χ1v) is 4.59. The Bertz CT molecular complexity index is 156. The molecule has 0 aromatic rings. The van der Waals surface area contributed by atoms with Crippen LogP contribution in [-0.2, 0) is 4.74 Å². The highest BCUT2D eigenvalue weighted by Crippen LogP contribution is 2.34. The van der Waals surface area contributed by atoms with Crippen molar-refractivity contribution in [2.75, 3.05) is 20.2 Å². The van der Waals surface area contributed by atoms with E-state index >= 15 is 0 Å². The summed E-state index contributed by atoms with van der Waals surface area (Å²) < 4.78 is 5.46.